The number of aromatic nitrogens is 2. The fraction of sp³-hybridized carbons (Fsp3) is 0.692. The first-order valence-electron chi connectivity index (χ1n) is 6.48. The lowest BCUT2D eigenvalue weighted by Crippen LogP contribution is -2.24. The van der Waals surface area contributed by atoms with E-state index in [9.17, 15) is 4.79 Å². The van der Waals surface area contributed by atoms with E-state index in [1.54, 1.807) is 0 Å². The second-order valence-corrected chi connectivity index (χ2v) is 6.02. The Kier molecular flexibility index (Phi) is 4.56. The van der Waals surface area contributed by atoms with Crippen LogP contribution in [0.4, 0.5) is 0 Å². The molecular formula is C13H20BrN3O. The zero-order chi connectivity index (χ0) is 13.1. The molecule has 1 aromatic rings. The zero-order valence-electron chi connectivity index (χ0n) is 11.0. The lowest BCUT2D eigenvalue weighted by Gasteiger charge is -2.22. The number of rotatable bonds is 4. The first-order valence-corrected chi connectivity index (χ1v) is 7.27. The van der Waals surface area contributed by atoms with Gasteiger partial charge in [-0.15, -0.1) is 0 Å². The van der Waals surface area contributed by atoms with Gasteiger partial charge in [-0.2, -0.15) is 5.10 Å². The van der Waals surface area contributed by atoms with Crippen molar-refractivity contribution in [3.8, 4) is 0 Å². The van der Waals surface area contributed by atoms with E-state index in [0.29, 0.717) is 5.78 Å². The molecule has 1 fully saturated rings. The standard InChI is InChI=1S/C13H20BrN3O/c1-16(2)7-8-17-13(11(14)9-15-17)10-5-3-4-6-12(10)18/h9-10H,3-8H2,1-2H3. The van der Waals surface area contributed by atoms with Crippen LogP contribution in [0.5, 0.6) is 0 Å². The fourth-order valence-electron chi connectivity index (χ4n) is 2.46. The second kappa shape index (κ2) is 5.97. The molecule has 1 atom stereocenters. The molecule has 0 saturated heterocycles. The summed E-state index contributed by atoms with van der Waals surface area (Å²) in [5.74, 6) is 0.409. The van der Waals surface area contributed by atoms with Crippen molar-refractivity contribution in [3.05, 3.63) is 16.4 Å². The van der Waals surface area contributed by atoms with Gasteiger partial charge in [0, 0.05) is 13.0 Å². The van der Waals surface area contributed by atoms with Gasteiger partial charge in [0.1, 0.15) is 5.78 Å². The largest absolute Gasteiger partial charge is 0.308 e. The molecule has 1 aliphatic rings. The summed E-state index contributed by atoms with van der Waals surface area (Å²) in [5, 5.41) is 4.39. The van der Waals surface area contributed by atoms with Crippen molar-refractivity contribution < 1.29 is 4.79 Å². The Bertz CT molecular complexity index is 428. The highest BCUT2D eigenvalue weighted by molar-refractivity contribution is 9.10. The average Bonchev–Trinajstić information content (AvgIpc) is 2.69. The summed E-state index contributed by atoms with van der Waals surface area (Å²) in [4.78, 5) is 14.2. The Hall–Kier alpha value is -0.680. The molecule has 0 aliphatic heterocycles. The number of hydrogen-bond donors (Lipinski definition) is 0. The molecule has 1 aromatic heterocycles. The maximum absolute atomic E-state index is 12.1. The van der Waals surface area contributed by atoms with Crippen LogP contribution in [0.25, 0.3) is 0 Å². The average molecular weight is 314 g/mol. The van der Waals surface area contributed by atoms with Gasteiger partial charge in [0.05, 0.1) is 28.8 Å². The summed E-state index contributed by atoms with van der Waals surface area (Å²) in [6.45, 7) is 1.76. The minimum atomic E-state index is 0.0396. The van der Waals surface area contributed by atoms with Crippen LogP contribution in [-0.2, 0) is 11.3 Å². The van der Waals surface area contributed by atoms with E-state index in [-0.39, 0.29) is 5.92 Å². The van der Waals surface area contributed by atoms with E-state index < -0.39 is 0 Å². The molecular weight excluding hydrogens is 294 g/mol. The number of carbonyl (C=O) groups is 1. The van der Waals surface area contributed by atoms with Crippen molar-refractivity contribution in [2.24, 2.45) is 0 Å². The van der Waals surface area contributed by atoms with Crippen molar-refractivity contribution in [2.75, 3.05) is 20.6 Å². The third-order valence-corrected chi connectivity index (χ3v) is 4.09. The Balaban J connectivity index is 2.19. The molecule has 0 radical (unpaired) electrons. The first-order chi connectivity index (χ1) is 8.59. The molecule has 1 unspecified atom stereocenters. The molecule has 0 N–H and O–H groups in total. The molecule has 0 spiro atoms. The van der Waals surface area contributed by atoms with Crippen molar-refractivity contribution in [2.45, 2.75) is 38.1 Å². The quantitative estimate of drug-likeness (QED) is 0.857. The van der Waals surface area contributed by atoms with Gasteiger partial charge in [-0.3, -0.25) is 9.48 Å². The summed E-state index contributed by atoms with van der Waals surface area (Å²) in [6.07, 6.45) is 5.68. The predicted octanol–water partition coefficient (Wildman–Crippen LogP) is 2.43. The first kappa shape index (κ1) is 13.7. The van der Waals surface area contributed by atoms with Crippen LogP contribution in [0.1, 0.15) is 37.3 Å². The number of Topliss-reactive ketones (excluding diaryl/α,β-unsaturated/α-hetero) is 1. The van der Waals surface area contributed by atoms with E-state index in [4.69, 9.17) is 0 Å². The Morgan fingerprint density at radius 1 is 1.50 bits per heavy atom. The second-order valence-electron chi connectivity index (χ2n) is 5.17. The van der Waals surface area contributed by atoms with Crippen molar-refractivity contribution in [1.82, 2.24) is 14.7 Å². The molecule has 1 aliphatic carbocycles. The van der Waals surface area contributed by atoms with Crippen molar-refractivity contribution in [3.63, 3.8) is 0 Å². The zero-order valence-corrected chi connectivity index (χ0v) is 12.6. The molecule has 4 nitrogen and oxygen atoms in total. The van der Waals surface area contributed by atoms with Crippen LogP contribution in [0.2, 0.25) is 0 Å². The van der Waals surface area contributed by atoms with Gasteiger partial charge in [0.2, 0.25) is 0 Å². The molecule has 1 saturated carbocycles. The topological polar surface area (TPSA) is 38.1 Å². The number of halogens is 1. The molecule has 1 heterocycles. The van der Waals surface area contributed by atoms with Crippen molar-refractivity contribution in [1.29, 1.82) is 0 Å². The lowest BCUT2D eigenvalue weighted by molar-refractivity contribution is -0.122. The summed E-state index contributed by atoms with van der Waals surface area (Å²) < 4.78 is 2.96. The van der Waals surface area contributed by atoms with Gasteiger partial charge in [0.15, 0.2) is 0 Å². The highest BCUT2D eigenvalue weighted by Crippen LogP contribution is 2.34. The van der Waals surface area contributed by atoms with Crippen LogP contribution >= 0.6 is 15.9 Å². The minimum absolute atomic E-state index is 0.0396. The number of carbonyl (C=O) groups excluding carboxylic acids is 1. The van der Waals surface area contributed by atoms with Gasteiger partial charge < -0.3 is 4.90 Å². The van der Waals surface area contributed by atoms with Crippen LogP contribution in [-0.4, -0.2) is 41.1 Å². The molecule has 0 aromatic carbocycles. The van der Waals surface area contributed by atoms with E-state index in [2.05, 4.69) is 25.9 Å². The van der Waals surface area contributed by atoms with E-state index in [0.717, 1.165) is 48.9 Å². The van der Waals surface area contributed by atoms with Gasteiger partial charge >= 0.3 is 0 Å². The Labute approximate surface area is 116 Å². The van der Waals surface area contributed by atoms with E-state index >= 15 is 0 Å². The third-order valence-electron chi connectivity index (χ3n) is 3.48. The SMILES string of the molecule is CN(C)CCn1ncc(Br)c1C1CCCCC1=O. The highest BCUT2D eigenvalue weighted by Gasteiger charge is 2.28. The minimum Gasteiger partial charge on any atom is -0.308 e. The van der Waals surface area contributed by atoms with Crippen LogP contribution < -0.4 is 0 Å². The van der Waals surface area contributed by atoms with Gasteiger partial charge in [-0.05, 0) is 42.9 Å². The molecule has 0 amide bonds. The monoisotopic (exact) mass is 313 g/mol. The Morgan fingerprint density at radius 3 is 2.94 bits per heavy atom. The fourth-order valence-corrected chi connectivity index (χ4v) is 3.04. The summed E-state index contributed by atoms with van der Waals surface area (Å²) in [5.41, 5.74) is 1.07. The maximum atomic E-state index is 12.1. The molecule has 0 bridgehead atoms. The number of nitrogens with zero attached hydrogens (tertiary/aromatic N) is 3. The van der Waals surface area contributed by atoms with E-state index in [1.165, 1.54) is 0 Å². The summed E-state index contributed by atoms with van der Waals surface area (Å²) >= 11 is 3.54. The number of likely N-dealkylation sites (N-methyl/N-ethyl adjacent to an activating group) is 1. The summed E-state index contributed by atoms with van der Waals surface area (Å²) in [6, 6.07) is 0. The number of ketones is 1. The number of hydrogen-bond acceptors (Lipinski definition) is 3. The van der Waals surface area contributed by atoms with Crippen molar-refractivity contribution >= 4 is 21.7 Å². The van der Waals surface area contributed by atoms with Gasteiger partial charge in [-0.1, -0.05) is 6.42 Å². The van der Waals surface area contributed by atoms with E-state index in [1.807, 2.05) is 25.0 Å². The lowest BCUT2D eigenvalue weighted by atomic mass is 9.85. The summed E-state index contributed by atoms with van der Waals surface area (Å²) in [7, 11) is 4.09. The molecule has 18 heavy (non-hydrogen) atoms. The third kappa shape index (κ3) is 3.01. The maximum Gasteiger partial charge on any atom is 0.141 e. The predicted molar refractivity (Wildman–Crippen MR) is 74.7 cm³/mol. The smallest absolute Gasteiger partial charge is 0.141 e. The highest BCUT2D eigenvalue weighted by atomic mass is 79.9. The van der Waals surface area contributed by atoms with Gasteiger partial charge in [-0.25, -0.2) is 0 Å². The Morgan fingerprint density at radius 2 is 2.28 bits per heavy atom. The molecule has 2 rings (SSSR count). The molecule has 5 heteroatoms. The normalized spacial score (nSPS) is 20.7. The molecule has 100 valence electrons. The van der Waals surface area contributed by atoms with Gasteiger partial charge in [0.25, 0.3) is 0 Å². The van der Waals surface area contributed by atoms with Crippen LogP contribution in [0.15, 0.2) is 10.7 Å². The van der Waals surface area contributed by atoms with Crippen LogP contribution in [0, 0.1) is 0 Å². The van der Waals surface area contributed by atoms with Crippen LogP contribution in [0.3, 0.4) is 0 Å².